The van der Waals surface area contributed by atoms with Crippen LogP contribution in [0.25, 0.3) is 22.5 Å². The van der Waals surface area contributed by atoms with Crippen molar-refractivity contribution in [2.45, 2.75) is 81.7 Å². The van der Waals surface area contributed by atoms with Gasteiger partial charge in [0, 0.05) is 28.9 Å². The van der Waals surface area contributed by atoms with Crippen molar-refractivity contribution >= 4 is 5.82 Å². The van der Waals surface area contributed by atoms with Gasteiger partial charge in [0.15, 0.2) is 17.4 Å². The molecule has 1 saturated carbocycles. The van der Waals surface area contributed by atoms with E-state index in [0.717, 1.165) is 49.7 Å². The van der Waals surface area contributed by atoms with E-state index in [1.165, 1.54) is 7.11 Å². The number of alkyl halides is 1. The molecule has 2 aromatic heterocycles. The standard InChI is InChI=1S/C29H35FN6O3/c1-28-10-5-11-29(2,35-28)25(30)21(14-28)36(19-7-8-19)24-16-31-26(34-33-24)20-9-6-17(12-22(20)37)18-13-23(38-3)27(39-4)32-15-18/h6,9,12-13,15-16,19,21,25,35,37H,5,7-8,10-11,14H2,1-4H3/t21-,25-,28-,29+/m0/s1. The summed E-state index contributed by atoms with van der Waals surface area (Å²) < 4.78 is 26.6. The Morgan fingerprint density at radius 2 is 1.85 bits per heavy atom. The number of piperidine rings is 2. The summed E-state index contributed by atoms with van der Waals surface area (Å²) >= 11 is 0. The molecule has 1 aromatic carbocycles. The van der Waals surface area contributed by atoms with Crippen LogP contribution in [0.15, 0.2) is 36.7 Å². The molecule has 10 heteroatoms. The maximum atomic E-state index is 16.0. The van der Waals surface area contributed by atoms with Crippen LogP contribution < -0.4 is 19.7 Å². The highest BCUT2D eigenvalue weighted by atomic mass is 19.1. The lowest BCUT2D eigenvalue weighted by Gasteiger charge is -2.57. The normalized spacial score (nSPS) is 28.1. The molecule has 0 spiro atoms. The molecule has 39 heavy (non-hydrogen) atoms. The minimum Gasteiger partial charge on any atom is -0.507 e. The van der Waals surface area contributed by atoms with Gasteiger partial charge in [0.2, 0.25) is 0 Å². The van der Waals surface area contributed by atoms with Crippen LogP contribution >= 0.6 is 0 Å². The molecule has 4 atom stereocenters. The first-order chi connectivity index (χ1) is 18.7. The second kappa shape index (κ2) is 9.59. The number of phenols is 1. The minimum atomic E-state index is -1.02. The maximum absolute atomic E-state index is 16.0. The molecular weight excluding hydrogens is 499 g/mol. The molecule has 3 aromatic rings. The van der Waals surface area contributed by atoms with E-state index in [0.29, 0.717) is 28.8 Å². The fourth-order valence-electron chi connectivity index (χ4n) is 6.53. The van der Waals surface area contributed by atoms with Crippen molar-refractivity contribution in [1.82, 2.24) is 25.5 Å². The van der Waals surface area contributed by atoms with Crippen molar-refractivity contribution in [1.29, 1.82) is 0 Å². The number of aromatic nitrogens is 4. The predicted molar refractivity (Wildman–Crippen MR) is 146 cm³/mol. The summed E-state index contributed by atoms with van der Waals surface area (Å²) in [5, 5.41) is 23.3. The number of methoxy groups -OCH3 is 2. The van der Waals surface area contributed by atoms with Gasteiger partial charge in [-0.3, -0.25) is 0 Å². The number of fused-ring (bicyclic) bond motifs is 2. The van der Waals surface area contributed by atoms with Gasteiger partial charge in [-0.15, -0.1) is 10.2 Å². The molecule has 0 unspecified atom stereocenters. The molecule has 1 aliphatic carbocycles. The van der Waals surface area contributed by atoms with Gasteiger partial charge < -0.3 is 24.8 Å². The SMILES string of the molecule is COc1cc(-c2ccc(-c3ncc(N(C4CC4)[C@H]4C[C@]5(C)CCC[C@@](C)(N5)[C@H]4F)nn3)c(O)c2)cnc1OC. The highest BCUT2D eigenvalue weighted by Gasteiger charge is 2.55. The number of hydrogen-bond donors (Lipinski definition) is 2. The molecule has 0 radical (unpaired) electrons. The van der Waals surface area contributed by atoms with Crippen LogP contribution in [-0.2, 0) is 0 Å². The third kappa shape index (κ3) is 4.64. The lowest BCUT2D eigenvalue weighted by Crippen LogP contribution is -2.73. The number of anilines is 1. The Hall–Kier alpha value is -3.53. The zero-order chi connectivity index (χ0) is 27.4. The first kappa shape index (κ1) is 25.7. The van der Waals surface area contributed by atoms with Crippen molar-refractivity contribution in [3.8, 4) is 39.9 Å². The topological polar surface area (TPSA) is 106 Å². The monoisotopic (exact) mass is 534 g/mol. The number of nitrogens with zero attached hydrogens (tertiary/aromatic N) is 5. The van der Waals surface area contributed by atoms with Crippen molar-refractivity contribution in [2.24, 2.45) is 0 Å². The highest BCUT2D eigenvalue weighted by molar-refractivity contribution is 5.73. The molecule has 4 heterocycles. The van der Waals surface area contributed by atoms with Crippen LogP contribution in [0.2, 0.25) is 0 Å². The van der Waals surface area contributed by atoms with Gasteiger partial charge in [-0.25, -0.2) is 14.4 Å². The number of ether oxygens (including phenoxy) is 2. The predicted octanol–water partition coefficient (Wildman–Crippen LogP) is 4.69. The molecule has 2 aliphatic heterocycles. The van der Waals surface area contributed by atoms with Gasteiger partial charge in [-0.05, 0) is 76.1 Å². The van der Waals surface area contributed by atoms with Crippen LogP contribution in [0, 0.1) is 0 Å². The number of halogens is 1. The first-order valence-corrected chi connectivity index (χ1v) is 13.6. The van der Waals surface area contributed by atoms with Crippen LogP contribution in [0.3, 0.4) is 0 Å². The molecule has 2 saturated heterocycles. The summed E-state index contributed by atoms with van der Waals surface area (Å²) in [6, 6.07) is 7.02. The number of nitrogens with one attached hydrogen (secondary N) is 1. The van der Waals surface area contributed by atoms with Gasteiger partial charge >= 0.3 is 0 Å². The molecule has 206 valence electrons. The van der Waals surface area contributed by atoms with Crippen molar-refractivity contribution in [3.63, 3.8) is 0 Å². The van der Waals surface area contributed by atoms with E-state index in [1.807, 2.05) is 13.0 Å². The Morgan fingerprint density at radius 1 is 1.03 bits per heavy atom. The molecule has 9 nitrogen and oxygen atoms in total. The quantitative estimate of drug-likeness (QED) is 0.446. The van der Waals surface area contributed by atoms with Crippen molar-refractivity contribution < 1.29 is 19.0 Å². The largest absolute Gasteiger partial charge is 0.507 e. The fraction of sp³-hybridized carbons (Fsp3) is 0.517. The van der Waals surface area contributed by atoms with E-state index in [1.54, 1.807) is 37.7 Å². The van der Waals surface area contributed by atoms with Gasteiger partial charge in [-0.1, -0.05) is 6.07 Å². The van der Waals surface area contributed by atoms with Crippen LogP contribution in [0.4, 0.5) is 10.2 Å². The molecule has 2 N–H and O–H groups in total. The second-order valence-corrected chi connectivity index (χ2v) is 11.6. The van der Waals surface area contributed by atoms with Gasteiger partial charge in [0.25, 0.3) is 5.88 Å². The molecule has 6 rings (SSSR count). The molecular formula is C29H35FN6O3. The summed E-state index contributed by atoms with van der Waals surface area (Å²) in [4.78, 5) is 11.0. The zero-order valence-corrected chi connectivity index (χ0v) is 22.8. The Kier molecular flexibility index (Phi) is 6.32. The van der Waals surface area contributed by atoms with Crippen molar-refractivity contribution in [2.75, 3.05) is 19.1 Å². The van der Waals surface area contributed by atoms with Crippen molar-refractivity contribution in [3.05, 3.63) is 36.7 Å². The lowest BCUT2D eigenvalue weighted by molar-refractivity contribution is 0.000258. The van der Waals surface area contributed by atoms with E-state index in [4.69, 9.17) is 9.47 Å². The number of phenolic OH excluding ortho intramolecular Hbond substituents is 1. The zero-order valence-electron chi connectivity index (χ0n) is 22.8. The summed E-state index contributed by atoms with van der Waals surface area (Å²) in [6.45, 7) is 4.23. The lowest BCUT2D eigenvalue weighted by atomic mass is 9.68. The number of hydrogen-bond acceptors (Lipinski definition) is 9. The van der Waals surface area contributed by atoms with E-state index in [2.05, 4.69) is 37.3 Å². The Bertz CT molecular complexity index is 1370. The van der Waals surface area contributed by atoms with Gasteiger partial charge in [0.05, 0.1) is 32.0 Å². The highest BCUT2D eigenvalue weighted by Crippen LogP contribution is 2.46. The van der Waals surface area contributed by atoms with E-state index < -0.39 is 11.7 Å². The summed E-state index contributed by atoms with van der Waals surface area (Å²) in [5.74, 6) is 1.80. The van der Waals surface area contributed by atoms with Crippen LogP contribution in [0.1, 0.15) is 52.4 Å². The number of benzene rings is 1. The summed E-state index contributed by atoms with van der Waals surface area (Å²) in [7, 11) is 3.08. The van der Waals surface area contributed by atoms with Crippen LogP contribution in [0.5, 0.6) is 17.4 Å². The smallest absolute Gasteiger partial charge is 0.256 e. The third-order valence-electron chi connectivity index (χ3n) is 8.53. The molecule has 3 aliphatic rings. The molecule has 2 bridgehead atoms. The average molecular weight is 535 g/mol. The van der Waals surface area contributed by atoms with E-state index in [9.17, 15) is 5.11 Å². The molecule has 3 fully saturated rings. The maximum Gasteiger partial charge on any atom is 0.256 e. The van der Waals surface area contributed by atoms with Crippen LogP contribution in [-0.4, -0.2) is 68.8 Å². The number of rotatable bonds is 7. The number of aromatic hydroxyl groups is 1. The Balaban J connectivity index is 1.26. The van der Waals surface area contributed by atoms with Gasteiger partial charge in [0.1, 0.15) is 11.9 Å². The third-order valence-corrected chi connectivity index (χ3v) is 8.53. The Labute approximate surface area is 227 Å². The fourth-order valence-corrected chi connectivity index (χ4v) is 6.53. The second-order valence-electron chi connectivity index (χ2n) is 11.6. The van der Waals surface area contributed by atoms with Gasteiger partial charge in [-0.2, -0.15) is 0 Å². The number of pyridine rings is 1. The minimum absolute atomic E-state index is 0.0201. The average Bonchev–Trinajstić information content (AvgIpc) is 3.77. The molecule has 0 amide bonds. The summed E-state index contributed by atoms with van der Waals surface area (Å²) in [6.07, 6.45) is 7.97. The van der Waals surface area contributed by atoms with E-state index >= 15 is 4.39 Å². The summed E-state index contributed by atoms with van der Waals surface area (Å²) in [5.41, 5.74) is 1.34. The Morgan fingerprint density at radius 3 is 2.51 bits per heavy atom. The van der Waals surface area contributed by atoms with E-state index in [-0.39, 0.29) is 23.4 Å². The first-order valence-electron chi connectivity index (χ1n) is 13.6.